The van der Waals surface area contributed by atoms with E-state index in [1.807, 2.05) is 24.3 Å². The van der Waals surface area contributed by atoms with Crippen molar-refractivity contribution >= 4 is 11.7 Å². The average Bonchev–Trinajstić information content (AvgIpc) is 2.97. The molecular weight excluding hydrogens is 264 g/mol. The van der Waals surface area contributed by atoms with Gasteiger partial charge in [-0.2, -0.15) is 8.75 Å². The van der Waals surface area contributed by atoms with E-state index in [1.165, 1.54) is 11.7 Å². The molecule has 2 rings (SSSR count). The van der Waals surface area contributed by atoms with Gasteiger partial charge in [0.15, 0.2) is 0 Å². The maximum absolute atomic E-state index is 5.71. The van der Waals surface area contributed by atoms with Crippen LogP contribution >= 0.6 is 11.7 Å². The number of benzene rings is 1. The fraction of sp³-hybridized carbons (Fsp3) is 0.385. The van der Waals surface area contributed by atoms with E-state index in [1.54, 1.807) is 13.3 Å². The predicted octanol–water partition coefficient (Wildman–Crippen LogP) is 2.25. The van der Waals surface area contributed by atoms with E-state index >= 15 is 0 Å². The van der Waals surface area contributed by atoms with Crippen molar-refractivity contribution in [2.75, 3.05) is 33.5 Å². The van der Waals surface area contributed by atoms with Crippen LogP contribution in [0.4, 0.5) is 0 Å². The minimum Gasteiger partial charge on any atom is -0.490 e. The average molecular weight is 280 g/mol. The maximum atomic E-state index is 5.71. The minimum absolute atomic E-state index is 0.498. The summed E-state index contributed by atoms with van der Waals surface area (Å²) in [4.78, 5) is 0. The molecule has 0 unspecified atom stereocenters. The van der Waals surface area contributed by atoms with Gasteiger partial charge in [0.05, 0.1) is 37.7 Å². The monoisotopic (exact) mass is 280 g/mol. The molecule has 1 aromatic carbocycles. The van der Waals surface area contributed by atoms with Crippen LogP contribution in [0.5, 0.6) is 5.75 Å². The quantitative estimate of drug-likeness (QED) is 0.694. The second-order valence-corrected chi connectivity index (χ2v) is 4.30. The van der Waals surface area contributed by atoms with Crippen LogP contribution in [0.15, 0.2) is 30.5 Å². The van der Waals surface area contributed by atoms with Gasteiger partial charge in [0.2, 0.25) is 0 Å². The molecule has 0 aliphatic heterocycles. The zero-order chi connectivity index (χ0) is 13.3. The Kier molecular flexibility index (Phi) is 5.74. The zero-order valence-electron chi connectivity index (χ0n) is 10.7. The second-order valence-electron chi connectivity index (χ2n) is 3.74. The number of hydrogen-bond donors (Lipinski definition) is 0. The van der Waals surface area contributed by atoms with E-state index in [4.69, 9.17) is 14.2 Å². The Morgan fingerprint density at radius 2 is 1.95 bits per heavy atom. The van der Waals surface area contributed by atoms with Gasteiger partial charge in [-0.05, 0) is 12.1 Å². The lowest BCUT2D eigenvalue weighted by molar-refractivity contribution is 0.0545. The Balaban J connectivity index is 1.87. The maximum Gasteiger partial charge on any atom is 0.128 e. The van der Waals surface area contributed by atoms with Crippen molar-refractivity contribution in [3.8, 4) is 17.0 Å². The molecule has 5 nitrogen and oxygen atoms in total. The lowest BCUT2D eigenvalue weighted by Crippen LogP contribution is -2.10. The van der Waals surface area contributed by atoms with Gasteiger partial charge < -0.3 is 14.2 Å². The summed E-state index contributed by atoms with van der Waals surface area (Å²) in [6, 6.07) is 7.78. The second kappa shape index (κ2) is 7.83. The third-order valence-corrected chi connectivity index (χ3v) is 2.92. The normalized spacial score (nSPS) is 10.6. The van der Waals surface area contributed by atoms with E-state index in [2.05, 4.69) is 8.75 Å². The van der Waals surface area contributed by atoms with E-state index in [9.17, 15) is 0 Å². The summed E-state index contributed by atoms with van der Waals surface area (Å²) < 4.78 is 24.2. The molecule has 0 saturated carbocycles. The third-order valence-electron chi connectivity index (χ3n) is 2.44. The van der Waals surface area contributed by atoms with Crippen LogP contribution in [0.3, 0.4) is 0 Å². The van der Waals surface area contributed by atoms with Gasteiger partial charge >= 0.3 is 0 Å². The number of hydrogen-bond acceptors (Lipinski definition) is 6. The SMILES string of the molecule is COCCOCCOc1ccccc1-c1cnsn1. The van der Waals surface area contributed by atoms with Gasteiger partial charge in [-0.15, -0.1) is 0 Å². The summed E-state index contributed by atoms with van der Waals surface area (Å²) in [5.41, 5.74) is 1.79. The molecule has 1 aromatic heterocycles. The molecule has 0 fully saturated rings. The summed E-state index contributed by atoms with van der Waals surface area (Å²) in [6.45, 7) is 2.21. The summed E-state index contributed by atoms with van der Waals surface area (Å²) in [5, 5.41) is 0. The van der Waals surface area contributed by atoms with Crippen LogP contribution in [0.2, 0.25) is 0 Å². The van der Waals surface area contributed by atoms with Crippen LogP contribution in [-0.4, -0.2) is 42.3 Å². The molecule has 2 aromatic rings. The van der Waals surface area contributed by atoms with Crippen LogP contribution in [0, 0.1) is 0 Å². The smallest absolute Gasteiger partial charge is 0.128 e. The standard InChI is InChI=1S/C13H16N2O3S/c1-16-6-7-17-8-9-18-13-5-3-2-4-11(13)12-10-14-19-15-12/h2-5,10H,6-9H2,1H3. The van der Waals surface area contributed by atoms with Gasteiger partial charge in [0.25, 0.3) is 0 Å². The van der Waals surface area contributed by atoms with Gasteiger partial charge in [0.1, 0.15) is 18.1 Å². The Morgan fingerprint density at radius 3 is 2.74 bits per heavy atom. The van der Waals surface area contributed by atoms with Crippen molar-refractivity contribution in [2.45, 2.75) is 0 Å². The number of rotatable bonds is 8. The first-order valence-corrected chi connectivity index (χ1v) is 6.71. The highest BCUT2D eigenvalue weighted by molar-refractivity contribution is 6.99. The topological polar surface area (TPSA) is 53.5 Å². The number of para-hydroxylation sites is 1. The largest absolute Gasteiger partial charge is 0.490 e. The van der Waals surface area contributed by atoms with Crippen molar-refractivity contribution in [3.05, 3.63) is 30.5 Å². The number of aromatic nitrogens is 2. The first-order chi connectivity index (χ1) is 9.42. The Labute approximate surface area is 116 Å². The third kappa shape index (κ3) is 4.27. The molecule has 19 heavy (non-hydrogen) atoms. The molecule has 0 aliphatic rings. The molecule has 0 atom stereocenters. The van der Waals surface area contributed by atoms with Crippen molar-refractivity contribution in [1.82, 2.24) is 8.75 Å². The van der Waals surface area contributed by atoms with E-state index in [0.29, 0.717) is 26.4 Å². The highest BCUT2D eigenvalue weighted by atomic mass is 32.1. The lowest BCUT2D eigenvalue weighted by atomic mass is 10.1. The van der Waals surface area contributed by atoms with Gasteiger partial charge in [-0.25, -0.2) is 0 Å². The van der Waals surface area contributed by atoms with E-state index in [-0.39, 0.29) is 0 Å². The Hall–Kier alpha value is -1.50. The molecule has 0 amide bonds. The van der Waals surface area contributed by atoms with Crippen LogP contribution in [0.1, 0.15) is 0 Å². The first kappa shape index (κ1) is 13.9. The summed E-state index contributed by atoms with van der Waals surface area (Å²) >= 11 is 1.19. The van der Waals surface area contributed by atoms with Gasteiger partial charge in [-0.3, -0.25) is 0 Å². The van der Waals surface area contributed by atoms with Gasteiger partial charge in [-0.1, -0.05) is 12.1 Å². The molecule has 6 heteroatoms. The van der Waals surface area contributed by atoms with E-state index in [0.717, 1.165) is 17.0 Å². The summed E-state index contributed by atoms with van der Waals surface area (Å²) in [6.07, 6.45) is 1.74. The molecule has 0 N–H and O–H groups in total. The van der Waals surface area contributed by atoms with Crippen molar-refractivity contribution in [3.63, 3.8) is 0 Å². The zero-order valence-corrected chi connectivity index (χ0v) is 11.6. The predicted molar refractivity (Wildman–Crippen MR) is 73.5 cm³/mol. The fourth-order valence-corrected chi connectivity index (χ4v) is 1.97. The van der Waals surface area contributed by atoms with E-state index < -0.39 is 0 Å². The highest BCUT2D eigenvalue weighted by Crippen LogP contribution is 2.28. The number of nitrogens with zero attached hydrogens (tertiary/aromatic N) is 2. The van der Waals surface area contributed by atoms with Crippen LogP contribution in [0.25, 0.3) is 11.3 Å². The summed E-state index contributed by atoms with van der Waals surface area (Å²) in [7, 11) is 1.65. The lowest BCUT2D eigenvalue weighted by Gasteiger charge is -2.10. The Morgan fingerprint density at radius 1 is 1.11 bits per heavy atom. The molecule has 0 radical (unpaired) electrons. The molecular formula is C13H16N2O3S. The van der Waals surface area contributed by atoms with Crippen molar-refractivity contribution < 1.29 is 14.2 Å². The molecule has 102 valence electrons. The van der Waals surface area contributed by atoms with Crippen LogP contribution < -0.4 is 4.74 Å². The molecule has 1 heterocycles. The Bertz CT molecular complexity index is 477. The molecule has 0 saturated heterocycles. The molecule has 0 aliphatic carbocycles. The highest BCUT2D eigenvalue weighted by Gasteiger charge is 2.07. The van der Waals surface area contributed by atoms with Crippen molar-refractivity contribution in [2.24, 2.45) is 0 Å². The molecule has 0 bridgehead atoms. The fourth-order valence-electron chi connectivity index (χ4n) is 1.54. The van der Waals surface area contributed by atoms with Crippen molar-refractivity contribution in [1.29, 1.82) is 0 Å². The first-order valence-electron chi connectivity index (χ1n) is 5.98. The number of ether oxygens (including phenoxy) is 3. The summed E-state index contributed by atoms with van der Waals surface area (Å²) in [5.74, 6) is 0.797. The molecule has 0 spiro atoms. The van der Waals surface area contributed by atoms with Crippen LogP contribution in [-0.2, 0) is 9.47 Å². The minimum atomic E-state index is 0.498. The van der Waals surface area contributed by atoms with Gasteiger partial charge in [0, 0.05) is 12.7 Å². The number of methoxy groups -OCH3 is 1.